The highest BCUT2D eigenvalue weighted by Crippen LogP contribution is 2.32. The van der Waals surface area contributed by atoms with Gasteiger partial charge in [0.25, 0.3) is 0 Å². The van der Waals surface area contributed by atoms with Gasteiger partial charge in [0.05, 0.1) is 18.2 Å². The smallest absolute Gasteiger partial charge is 0.245 e. The Balaban J connectivity index is 2.17. The summed E-state index contributed by atoms with van der Waals surface area (Å²) in [4.78, 5) is 12.0. The van der Waals surface area contributed by atoms with E-state index >= 15 is 0 Å². The van der Waals surface area contributed by atoms with Gasteiger partial charge in [-0.15, -0.1) is 0 Å². The van der Waals surface area contributed by atoms with E-state index in [1.54, 1.807) is 11.3 Å². The first kappa shape index (κ1) is 20.9. The lowest BCUT2D eigenvalue weighted by Gasteiger charge is -2.21. The van der Waals surface area contributed by atoms with Crippen LogP contribution in [-0.4, -0.2) is 35.3 Å². The van der Waals surface area contributed by atoms with Gasteiger partial charge in [-0.1, -0.05) is 0 Å². The number of carbonyl (C=O) groups excluding carboxylic acids is 1. The molecule has 0 aliphatic rings. The van der Waals surface area contributed by atoms with Crippen molar-refractivity contribution in [1.29, 1.82) is 0 Å². The van der Waals surface area contributed by atoms with Crippen LogP contribution in [0.2, 0.25) is 0 Å². The molecule has 0 bridgehead atoms. The molecule has 0 saturated heterocycles. The van der Waals surface area contributed by atoms with E-state index in [1.807, 2.05) is 16.8 Å². The third-order valence-corrected chi connectivity index (χ3v) is 7.84. The summed E-state index contributed by atoms with van der Waals surface area (Å²) in [6, 6.07) is 6.18. The highest BCUT2D eigenvalue weighted by Gasteiger charge is 2.29. The van der Waals surface area contributed by atoms with Crippen LogP contribution in [-0.2, 0) is 31.3 Å². The second-order valence-corrected chi connectivity index (χ2v) is 11.1. The van der Waals surface area contributed by atoms with Crippen LogP contribution in [0.25, 0.3) is 0 Å². The third kappa shape index (κ3) is 5.53. The summed E-state index contributed by atoms with van der Waals surface area (Å²) in [5.41, 5.74) is 1.46. The number of anilines is 2. The predicted octanol–water partition coefficient (Wildman–Crippen LogP) is 2.81. The molecule has 142 valence electrons. The highest BCUT2D eigenvalue weighted by molar-refractivity contribution is 9.10. The molecule has 0 radical (unpaired) electrons. The summed E-state index contributed by atoms with van der Waals surface area (Å²) in [6.07, 6.45) is 2.53. The van der Waals surface area contributed by atoms with E-state index < -0.39 is 20.0 Å². The number of hydrogen-bond acceptors (Lipinski definition) is 6. The molecule has 0 fully saturated rings. The summed E-state index contributed by atoms with van der Waals surface area (Å²) in [7, 11) is -8.08. The van der Waals surface area contributed by atoms with Crippen molar-refractivity contribution >= 4 is 64.6 Å². The van der Waals surface area contributed by atoms with Gasteiger partial charge in [0.15, 0.2) is 0 Å². The molecule has 1 heterocycles. The number of sulfonamides is 2. The molecule has 2 rings (SSSR count). The van der Waals surface area contributed by atoms with Crippen molar-refractivity contribution in [2.24, 2.45) is 0 Å². The average molecular weight is 481 g/mol. The molecule has 0 aliphatic heterocycles. The Hall–Kier alpha value is -1.43. The summed E-state index contributed by atoms with van der Waals surface area (Å²) in [6.45, 7) is 0. The molecule has 26 heavy (non-hydrogen) atoms. The molecule has 7 nitrogen and oxygen atoms in total. The van der Waals surface area contributed by atoms with Crippen LogP contribution < -0.4 is 9.03 Å². The molecule has 0 spiro atoms. The second-order valence-electron chi connectivity index (χ2n) is 5.57. The fraction of sp³-hybridized carbons (Fsp3) is 0.267. The number of rotatable bonds is 7. The average Bonchev–Trinajstić information content (AvgIpc) is 2.98. The van der Waals surface area contributed by atoms with Crippen LogP contribution in [0.4, 0.5) is 11.4 Å². The first-order chi connectivity index (χ1) is 12.0. The molecule has 0 saturated carbocycles. The fourth-order valence-electron chi connectivity index (χ4n) is 2.25. The van der Waals surface area contributed by atoms with Crippen molar-refractivity contribution in [2.45, 2.75) is 12.8 Å². The molecule has 1 N–H and O–H groups in total. The fourth-order valence-corrected chi connectivity index (χ4v) is 6.75. The van der Waals surface area contributed by atoms with Crippen molar-refractivity contribution in [1.82, 2.24) is 0 Å². The van der Waals surface area contributed by atoms with Crippen LogP contribution in [0.1, 0.15) is 12.0 Å². The van der Waals surface area contributed by atoms with Gasteiger partial charge in [-0.3, -0.25) is 4.79 Å². The van der Waals surface area contributed by atoms with E-state index in [0.29, 0.717) is 22.2 Å². The summed E-state index contributed by atoms with van der Waals surface area (Å²) >= 11 is 4.74. The zero-order valence-electron chi connectivity index (χ0n) is 14.0. The standard InChI is InChI=1S/C15H17BrN2O5S3/c1-25(20,21)18(26(2,22)23)14-5-4-12(9-13(14)16)17-15(19)6-3-11-7-8-24-10-11/h4-5,7-10H,3,6H2,1-2H3,(H,17,19). The van der Waals surface area contributed by atoms with Gasteiger partial charge in [0.1, 0.15) is 0 Å². The van der Waals surface area contributed by atoms with Gasteiger partial charge in [-0.05, 0) is 62.9 Å². The molecular formula is C15H17BrN2O5S3. The van der Waals surface area contributed by atoms with Gasteiger partial charge in [-0.25, -0.2) is 16.8 Å². The molecule has 0 atom stereocenters. The van der Waals surface area contributed by atoms with E-state index in [9.17, 15) is 21.6 Å². The van der Waals surface area contributed by atoms with Gasteiger partial charge in [0.2, 0.25) is 26.0 Å². The normalized spacial score (nSPS) is 12.0. The lowest BCUT2D eigenvalue weighted by atomic mass is 10.2. The maximum atomic E-state index is 12.0. The Labute approximate surface area is 165 Å². The lowest BCUT2D eigenvalue weighted by molar-refractivity contribution is -0.116. The van der Waals surface area contributed by atoms with Crippen molar-refractivity contribution < 1.29 is 21.6 Å². The molecule has 11 heteroatoms. The Bertz CT molecular complexity index is 970. The quantitative estimate of drug-likeness (QED) is 0.656. The van der Waals surface area contributed by atoms with E-state index in [0.717, 1.165) is 18.1 Å². The predicted molar refractivity (Wildman–Crippen MR) is 108 cm³/mol. The minimum Gasteiger partial charge on any atom is -0.326 e. The minimum absolute atomic E-state index is 0.0497. The first-order valence-electron chi connectivity index (χ1n) is 7.29. The van der Waals surface area contributed by atoms with Gasteiger partial charge >= 0.3 is 0 Å². The number of nitrogens with zero attached hydrogens (tertiary/aromatic N) is 1. The van der Waals surface area contributed by atoms with E-state index in [-0.39, 0.29) is 16.1 Å². The topological polar surface area (TPSA) is 101 Å². The first-order valence-corrected chi connectivity index (χ1v) is 12.7. The second kappa shape index (κ2) is 8.07. The lowest BCUT2D eigenvalue weighted by Crippen LogP contribution is -2.35. The van der Waals surface area contributed by atoms with Crippen molar-refractivity contribution in [3.63, 3.8) is 0 Å². The van der Waals surface area contributed by atoms with Gasteiger partial charge < -0.3 is 5.32 Å². The van der Waals surface area contributed by atoms with Crippen LogP contribution in [0.15, 0.2) is 39.5 Å². The van der Waals surface area contributed by atoms with Crippen LogP contribution in [0.3, 0.4) is 0 Å². The molecule has 1 aromatic heterocycles. The van der Waals surface area contributed by atoms with E-state index in [1.165, 1.54) is 18.2 Å². The highest BCUT2D eigenvalue weighted by atomic mass is 79.9. The van der Waals surface area contributed by atoms with Crippen LogP contribution in [0.5, 0.6) is 0 Å². The molecule has 1 amide bonds. The molecule has 0 aliphatic carbocycles. The zero-order chi connectivity index (χ0) is 19.5. The SMILES string of the molecule is CS(=O)(=O)N(c1ccc(NC(=O)CCc2ccsc2)cc1Br)S(C)(=O)=O. The summed E-state index contributed by atoms with van der Waals surface area (Å²) in [5, 5.41) is 6.62. The maximum absolute atomic E-state index is 12.0. The number of aryl methyl sites for hydroxylation is 1. The van der Waals surface area contributed by atoms with Gasteiger partial charge in [-0.2, -0.15) is 15.0 Å². The number of carbonyl (C=O) groups is 1. The number of nitrogens with one attached hydrogen (secondary N) is 1. The number of thiophene rings is 1. The third-order valence-electron chi connectivity index (χ3n) is 3.25. The van der Waals surface area contributed by atoms with Crippen molar-refractivity contribution in [2.75, 3.05) is 21.5 Å². The summed E-state index contributed by atoms with van der Waals surface area (Å²) < 4.78 is 48.0. The van der Waals surface area contributed by atoms with Crippen LogP contribution >= 0.6 is 27.3 Å². The number of benzene rings is 1. The zero-order valence-corrected chi connectivity index (χ0v) is 18.0. The Morgan fingerprint density at radius 1 is 1.15 bits per heavy atom. The minimum atomic E-state index is -4.04. The van der Waals surface area contributed by atoms with Crippen molar-refractivity contribution in [3.05, 3.63) is 45.1 Å². The Morgan fingerprint density at radius 3 is 2.31 bits per heavy atom. The number of amides is 1. The van der Waals surface area contributed by atoms with Crippen molar-refractivity contribution in [3.8, 4) is 0 Å². The Kier molecular flexibility index (Phi) is 6.48. The number of hydrogen-bond donors (Lipinski definition) is 1. The monoisotopic (exact) mass is 480 g/mol. The Morgan fingerprint density at radius 2 is 1.81 bits per heavy atom. The van der Waals surface area contributed by atoms with Gasteiger partial charge in [0, 0.05) is 16.6 Å². The number of halogens is 1. The van der Waals surface area contributed by atoms with E-state index in [4.69, 9.17) is 0 Å². The molecule has 0 unspecified atom stereocenters. The maximum Gasteiger partial charge on any atom is 0.245 e. The van der Waals surface area contributed by atoms with E-state index in [2.05, 4.69) is 21.2 Å². The summed E-state index contributed by atoms with van der Waals surface area (Å²) in [5.74, 6) is -0.195. The molecular weight excluding hydrogens is 464 g/mol. The largest absolute Gasteiger partial charge is 0.326 e. The molecule has 2 aromatic rings. The van der Waals surface area contributed by atoms with Crippen LogP contribution in [0, 0.1) is 0 Å². The molecule has 1 aromatic carbocycles.